The third-order valence-corrected chi connectivity index (χ3v) is 7.14. The van der Waals surface area contributed by atoms with Crippen LogP contribution < -0.4 is 16.1 Å². The molecule has 2 amide bonds. The van der Waals surface area contributed by atoms with Crippen molar-refractivity contribution in [2.75, 3.05) is 6.54 Å². The maximum Gasteiger partial charge on any atom is 0.494 e. The van der Waals surface area contributed by atoms with E-state index >= 15 is 0 Å². The van der Waals surface area contributed by atoms with Gasteiger partial charge in [0.25, 0.3) is 0 Å². The van der Waals surface area contributed by atoms with Crippen molar-refractivity contribution in [1.82, 2.24) is 10.6 Å². The Morgan fingerprint density at radius 2 is 1.54 bits per heavy atom. The average Bonchev–Trinajstić information content (AvgIpc) is 3.11. The van der Waals surface area contributed by atoms with Crippen LogP contribution in [0.4, 0.5) is 4.79 Å². The zero-order valence-electron chi connectivity index (χ0n) is 23.2. The smallest absolute Gasteiger partial charge is 0.480 e. The van der Waals surface area contributed by atoms with Gasteiger partial charge in [0, 0.05) is 19.4 Å². The van der Waals surface area contributed by atoms with Gasteiger partial charge < -0.3 is 29.8 Å². The van der Waals surface area contributed by atoms with E-state index in [-0.39, 0.29) is 25.4 Å². The summed E-state index contributed by atoms with van der Waals surface area (Å²) in [5.41, 5.74) is 1.66. The minimum absolute atomic E-state index is 0.166. The number of carbonyl (C=O) groups excluding carboxylic acids is 2. The number of ether oxygens (including phenoxy) is 1. The fourth-order valence-corrected chi connectivity index (χ4v) is 4.04. The molecule has 0 saturated carbocycles. The molecule has 2 aromatic carbocycles. The highest BCUT2D eigenvalue weighted by molar-refractivity contribution is 6.62. The van der Waals surface area contributed by atoms with Crippen LogP contribution in [0.1, 0.15) is 64.5 Å². The molecule has 1 heterocycles. The van der Waals surface area contributed by atoms with Crippen LogP contribution in [0.15, 0.2) is 54.6 Å². The molecule has 3 rings (SSSR count). The topological polar surface area (TPSA) is 123 Å². The molecule has 3 N–H and O–H groups in total. The summed E-state index contributed by atoms with van der Waals surface area (Å²) in [6.07, 6.45) is 1.88. The molecule has 210 valence electrons. The molecule has 0 spiro atoms. The van der Waals surface area contributed by atoms with E-state index in [1.165, 1.54) is 0 Å². The number of amides is 2. The Morgan fingerprint density at radius 3 is 2.15 bits per heavy atom. The first-order chi connectivity index (χ1) is 18.5. The Balaban J connectivity index is 1.34. The fourth-order valence-electron chi connectivity index (χ4n) is 4.04. The average molecular weight is 538 g/mol. The SMILES string of the molecule is CC1(C)OB(c2ccc(C[C@H](NC(=O)CCCCCNC(=O)OCc3ccccc3)C(=O)O)cc2)OC1(C)C. The number of benzene rings is 2. The van der Waals surface area contributed by atoms with Gasteiger partial charge in [-0.25, -0.2) is 9.59 Å². The molecule has 10 heteroatoms. The number of rotatable bonds is 13. The standard InChI is InChI=1S/C29H39BN2O7/c1-28(2)29(3,4)39-30(38-28)23-16-14-21(15-17-23)19-24(26(34)35)32-25(33)13-9-6-10-18-31-27(36)37-20-22-11-7-5-8-12-22/h5,7-8,11-12,14-17,24H,6,9-10,13,18-20H2,1-4H3,(H,31,36)(H,32,33)(H,34,35)/t24-/m0/s1. The second-order valence-electron chi connectivity index (χ2n) is 10.8. The van der Waals surface area contributed by atoms with Gasteiger partial charge in [0.15, 0.2) is 0 Å². The second-order valence-corrected chi connectivity index (χ2v) is 10.8. The van der Waals surface area contributed by atoms with E-state index in [4.69, 9.17) is 14.0 Å². The van der Waals surface area contributed by atoms with E-state index in [0.29, 0.717) is 25.8 Å². The number of carbonyl (C=O) groups is 3. The van der Waals surface area contributed by atoms with Crippen molar-refractivity contribution in [3.05, 3.63) is 65.7 Å². The van der Waals surface area contributed by atoms with Crippen molar-refractivity contribution in [2.24, 2.45) is 0 Å². The summed E-state index contributed by atoms with van der Waals surface area (Å²) in [4.78, 5) is 35.9. The maximum atomic E-state index is 12.4. The number of alkyl carbamates (subject to hydrolysis) is 1. The predicted octanol–water partition coefficient (Wildman–Crippen LogP) is 3.58. The molecule has 9 nitrogen and oxygen atoms in total. The lowest BCUT2D eigenvalue weighted by Gasteiger charge is -2.32. The van der Waals surface area contributed by atoms with Crippen LogP contribution >= 0.6 is 0 Å². The number of hydrogen-bond acceptors (Lipinski definition) is 6. The number of nitrogens with one attached hydrogen (secondary N) is 2. The number of unbranched alkanes of at least 4 members (excludes halogenated alkanes) is 2. The third kappa shape index (κ3) is 9.11. The van der Waals surface area contributed by atoms with E-state index in [1.54, 1.807) is 0 Å². The Morgan fingerprint density at radius 1 is 0.897 bits per heavy atom. The normalized spacial score (nSPS) is 16.4. The van der Waals surface area contributed by atoms with Crippen molar-refractivity contribution in [3.8, 4) is 0 Å². The van der Waals surface area contributed by atoms with Gasteiger partial charge in [-0.15, -0.1) is 0 Å². The van der Waals surface area contributed by atoms with Crippen molar-refractivity contribution >= 4 is 30.6 Å². The zero-order chi connectivity index (χ0) is 28.5. The summed E-state index contributed by atoms with van der Waals surface area (Å²) < 4.78 is 17.3. The number of carboxylic acid groups (broad SMARTS) is 1. The second kappa shape index (κ2) is 13.6. The van der Waals surface area contributed by atoms with Gasteiger partial charge in [-0.3, -0.25) is 4.79 Å². The fraction of sp³-hybridized carbons (Fsp3) is 0.483. The lowest BCUT2D eigenvalue weighted by molar-refractivity contribution is -0.141. The molecule has 1 saturated heterocycles. The molecule has 0 bridgehead atoms. The molecule has 1 aliphatic rings. The van der Waals surface area contributed by atoms with Crippen molar-refractivity contribution in [1.29, 1.82) is 0 Å². The van der Waals surface area contributed by atoms with E-state index in [9.17, 15) is 19.5 Å². The first kappa shape index (κ1) is 30.2. The quantitative estimate of drug-likeness (QED) is 0.263. The molecule has 1 atom stereocenters. The van der Waals surface area contributed by atoms with Crippen molar-refractivity contribution < 1.29 is 33.5 Å². The highest BCUT2D eigenvalue weighted by Gasteiger charge is 2.51. The monoisotopic (exact) mass is 538 g/mol. The van der Waals surface area contributed by atoms with E-state index in [2.05, 4.69) is 10.6 Å². The predicted molar refractivity (Wildman–Crippen MR) is 149 cm³/mol. The van der Waals surface area contributed by atoms with Crippen LogP contribution in [0.3, 0.4) is 0 Å². The van der Waals surface area contributed by atoms with Gasteiger partial charge in [0.1, 0.15) is 12.6 Å². The Bertz CT molecular complexity index is 1090. The van der Waals surface area contributed by atoms with Crippen molar-refractivity contribution in [3.63, 3.8) is 0 Å². The largest absolute Gasteiger partial charge is 0.494 e. The lowest BCUT2D eigenvalue weighted by atomic mass is 9.78. The number of hydrogen-bond donors (Lipinski definition) is 3. The van der Waals surface area contributed by atoms with Crippen LogP contribution in [0.5, 0.6) is 0 Å². The molecule has 2 aromatic rings. The summed E-state index contributed by atoms with van der Waals surface area (Å²) in [5, 5.41) is 14.9. The molecule has 0 aliphatic carbocycles. The Labute approximate surface area is 230 Å². The highest BCUT2D eigenvalue weighted by Crippen LogP contribution is 2.36. The zero-order valence-corrected chi connectivity index (χ0v) is 23.2. The van der Waals surface area contributed by atoms with Crippen LogP contribution in [0.2, 0.25) is 0 Å². The van der Waals surface area contributed by atoms with E-state index in [1.807, 2.05) is 82.3 Å². The summed E-state index contributed by atoms with van der Waals surface area (Å²) in [6, 6.07) is 15.8. The maximum absolute atomic E-state index is 12.4. The van der Waals surface area contributed by atoms with Crippen molar-refractivity contribution in [2.45, 2.75) is 83.6 Å². The Kier molecular flexibility index (Phi) is 10.5. The van der Waals surface area contributed by atoms with Crippen LogP contribution in [0, 0.1) is 0 Å². The van der Waals surface area contributed by atoms with Gasteiger partial charge >= 0.3 is 19.2 Å². The molecular formula is C29H39BN2O7. The van der Waals surface area contributed by atoms with Gasteiger partial charge in [-0.1, -0.05) is 61.0 Å². The van der Waals surface area contributed by atoms with E-state index < -0.39 is 36.4 Å². The summed E-state index contributed by atoms with van der Waals surface area (Å²) in [5.74, 6) is -1.40. The minimum atomic E-state index is -1.09. The first-order valence-corrected chi connectivity index (χ1v) is 13.4. The third-order valence-electron chi connectivity index (χ3n) is 7.14. The van der Waals surface area contributed by atoms with Gasteiger partial charge in [-0.05, 0) is 57.1 Å². The molecule has 1 fully saturated rings. The van der Waals surface area contributed by atoms with E-state index in [0.717, 1.165) is 16.6 Å². The summed E-state index contributed by atoms with van der Waals surface area (Å²) in [6.45, 7) is 8.60. The molecule has 1 aliphatic heterocycles. The lowest BCUT2D eigenvalue weighted by Crippen LogP contribution is -2.42. The minimum Gasteiger partial charge on any atom is -0.480 e. The van der Waals surface area contributed by atoms with Crippen LogP contribution in [0.25, 0.3) is 0 Å². The Hall–Kier alpha value is -3.37. The van der Waals surface area contributed by atoms with Gasteiger partial charge in [0.05, 0.1) is 11.2 Å². The molecule has 0 radical (unpaired) electrons. The number of carboxylic acids is 1. The van der Waals surface area contributed by atoms with Gasteiger partial charge in [-0.2, -0.15) is 0 Å². The summed E-state index contributed by atoms with van der Waals surface area (Å²) in [7, 11) is -0.492. The van der Waals surface area contributed by atoms with Gasteiger partial charge in [0.2, 0.25) is 5.91 Å². The van der Waals surface area contributed by atoms with Crippen LogP contribution in [-0.2, 0) is 36.7 Å². The molecule has 0 unspecified atom stereocenters. The first-order valence-electron chi connectivity index (χ1n) is 13.4. The number of aliphatic carboxylic acids is 1. The molecule has 39 heavy (non-hydrogen) atoms. The molecule has 0 aromatic heterocycles. The summed E-state index contributed by atoms with van der Waals surface area (Å²) >= 11 is 0. The van der Waals surface area contributed by atoms with Crippen LogP contribution in [-0.4, -0.2) is 54.0 Å². The highest BCUT2D eigenvalue weighted by atomic mass is 16.7. The molecular weight excluding hydrogens is 499 g/mol.